The lowest BCUT2D eigenvalue weighted by Crippen LogP contribution is -2.35. The highest BCUT2D eigenvalue weighted by Gasteiger charge is 2.27. The van der Waals surface area contributed by atoms with Gasteiger partial charge in [0.2, 0.25) is 10.0 Å². The van der Waals surface area contributed by atoms with E-state index in [2.05, 4.69) is 14.9 Å². The Labute approximate surface area is 156 Å². The van der Waals surface area contributed by atoms with Gasteiger partial charge < -0.3 is 4.42 Å². The van der Waals surface area contributed by atoms with Crippen molar-refractivity contribution < 1.29 is 12.8 Å². The van der Waals surface area contributed by atoms with Crippen LogP contribution < -0.4 is 5.76 Å². The van der Waals surface area contributed by atoms with Crippen molar-refractivity contribution in [3.63, 3.8) is 0 Å². The second-order valence-electron chi connectivity index (χ2n) is 6.57. The summed E-state index contributed by atoms with van der Waals surface area (Å²) in [6.07, 6.45) is 4.32. The first-order chi connectivity index (χ1) is 13.0. The van der Waals surface area contributed by atoms with E-state index in [1.807, 2.05) is 18.3 Å². The van der Waals surface area contributed by atoms with Crippen LogP contribution in [-0.4, -0.2) is 53.8 Å². The molecule has 1 aromatic carbocycles. The number of aromatic amines is 1. The number of hydrogen-bond donors (Lipinski definition) is 1. The Bertz CT molecular complexity index is 1090. The molecule has 142 valence electrons. The van der Waals surface area contributed by atoms with Gasteiger partial charge in [-0.15, -0.1) is 0 Å². The molecule has 0 spiro atoms. The second kappa shape index (κ2) is 7.26. The highest BCUT2D eigenvalue weighted by molar-refractivity contribution is 7.89. The van der Waals surface area contributed by atoms with Gasteiger partial charge in [0.15, 0.2) is 5.58 Å². The van der Waals surface area contributed by atoms with E-state index < -0.39 is 15.8 Å². The van der Waals surface area contributed by atoms with Crippen molar-refractivity contribution in [1.29, 1.82) is 0 Å². The molecule has 9 heteroatoms. The lowest BCUT2D eigenvalue weighted by molar-refractivity contribution is 0.278. The fraction of sp³-hybridized carbons (Fsp3) is 0.333. The summed E-state index contributed by atoms with van der Waals surface area (Å²) in [6.45, 7) is 3.10. The third kappa shape index (κ3) is 3.80. The summed E-state index contributed by atoms with van der Waals surface area (Å²) in [5.41, 5.74) is 1.84. The number of hydrogen-bond acceptors (Lipinski definition) is 6. The molecule has 1 aliphatic rings. The number of aromatic nitrogens is 2. The molecule has 0 radical (unpaired) electrons. The van der Waals surface area contributed by atoms with E-state index >= 15 is 0 Å². The van der Waals surface area contributed by atoms with E-state index in [0.29, 0.717) is 25.2 Å². The first kappa shape index (κ1) is 17.9. The van der Waals surface area contributed by atoms with Gasteiger partial charge in [-0.3, -0.25) is 14.9 Å². The molecule has 1 saturated heterocycles. The minimum Gasteiger partial charge on any atom is -0.408 e. The molecule has 1 N–H and O–H groups in total. The summed E-state index contributed by atoms with van der Waals surface area (Å²) in [7, 11) is -3.65. The number of rotatable bonds is 4. The van der Waals surface area contributed by atoms with Crippen molar-refractivity contribution in [2.45, 2.75) is 17.9 Å². The number of fused-ring (bicyclic) bond motifs is 1. The number of oxazole rings is 1. The standard InChI is InChI=1S/C18H20N4O4S/c23-18-20-16-5-4-15(11-17(16)26-18)27(24,25)22-8-2-7-21(9-10-22)13-14-3-1-6-19-12-14/h1,3-6,11-12H,2,7-10,13H2,(H,20,23). The van der Waals surface area contributed by atoms with Gasteiger partial charge in [0.1, 0.15) is 0 Å². The summed E-state index contributed by atoms with van der Waals surface area (Å²) in [5.74, 6) is -0.597. The number of sulfonamides is 1. The zero-order valence-electron chi connectivity index (χ0n) is 14.7. The maximum Gasteiger partial charge on any atom is 0.417 e. The van der Waals surface area contributed by atoms with Crippen LogP contribution in [0.25, 0.3) is 11.1 Å². The van der Waals surface area contributed by atoms with Crippen LogP contribution in [0, 0.1) is 0 Å². The van der Waals surface area contributed by atoms with E-state index in [1.54, 1.807) is 12.3 Å². The normalized spacial score (nSPS) is 17.2. The predicted octanol–water partition coefficient (Wildman–Crippen LogP) is 1.41. The van der Waals surface area contributed by atoms with Gasteiger partial charge in [0, 0.05) is 44.6 Å². The van der Waals surface area contributed by atoms with Gasteiger partial charge >= 0.3 is 5.76 Å². The van der Waals surface area contributed by atoms with Gasteiger partial charge in [-0.25, -0.2) is 13.2 Å². The van der Waals surface area contributed by atoms with Crippen molar-refractivity contribution in [3.05, 3.63) is 58.8 Å². The monoisotopic (exact) mass is 388 g/mol. The third-order valence-corrected chi connectivity index (χ3v) is 6.60. The smallest absolute Gasteiger partial charge is 0.408 e. The van der Waals surface area contributed by atoms with Crippen LogP contribution in [0.4, 0.5) is 0 Å². The number of benzene rings is 1. The topological polar surface area (TPSA) is 99.5 Å². The van der Waals surface area contributed by atoms with Crippen molar-refractivity contribution in [2.24, 2.45) is 0 Å². The van der Waals surface area contributed by atoms with Crippen molar-refractivity contribution in [1.82, 2.24) is 19.2 Å². The summed E-state index contributed by atoms with van der Waals surface area (Å²) in [6, 6.07) is 8.38. The molecule has 0 bridgehead atoms. The zero-order valence-corrected chi connectivity index (χ0v) is 15.5. The third-order valence-electron chi connectivity index (χ3n) is 4.71. The molecular formula is C18H20N4O4S. The van der Waals surface area contributed by atoms with Crippen molar-refractivity contribution in [2.75, 3.05) is 26.2 Å². The Morgan fingerprint density at radius 1 is 1.15 bits per heavy atom. The Hall–Kier alpha value is -2.49. The molecular weight excluding hydrogens is 368 g/mol. The van der Waals surface area contributed by atoms with E-state index in [9.17, 15) is 13.2 Å². The molecule has 3 heterocycles. The van der Waals surface area contributed by atoms with E-state index in [1.165, 1.54) is 16.4 Å². The zero-order chi connectivity index (χ0) is 18.9. The summed E-state index contributed by atoms with van der Waals surface area (Å²) in [5, 5.41) is 0. The van der Waals surface area contributed by atoms with Gasteiger partial charge in [-0.1, -0.05) is 6.07 Å². The summed E-state index contributed by atoms with van der Waals surface area (Å²) >= 11 is 0. The number of nitrogens with one attached hydrogen (secondary N) is 1. The molecule has 1 aliphatic heterocycles. The average molecular weight is 388 g/mol. The molecule has 3 aromatic rings. The maximum absolute atomic E-state index is 13.0. The molecule has 0 unspecified atom stereocenters. The van der Waals surface area contributed by atoms with E-state index in [0.717, 1.165) is 25.1 Å². The first-order valence-electron chi connectivity index (χ1n) is 8.77. The molecule has 8 nitrogen and oxygen atoms in total. The van der Waals surface area contributed by atoms with E-state index in [-0.39, 0.29) is 10.5 Å². The minimum absolute atomic E-state index is 0.137. The lowest BCUT2D eigenvalue weighted by Gasteiger charge is -2.21. The molecule has 1 fully saturated rings. The summed E-state index contributed by atoms with van der Waals surface area (Å²) < 4.78 is 32.5. The fourth-order valence-electron chi connectivity index (χ4n) is 3.33. The van der Waals surface area contributed by atoms with Crippen LogP contribution in [0.2, 0.25) is 0 Å². The van der Waals surface area contributed by atoms with Crippen molar-refractivity contribution >= 4 is 21.1 Å². The van der Waals surface area contributed by atoms with Crippen LogP contribution in [0.3, 0.4) is 0 Å². The lowest BCUT2D eigenvalue weighted by atomic mass is 10.2. The van der Waals surface area contributed by atoms with Gasteiger partial charge in [0.05, 0.1) is 10.4 Å². The van der Waals surface area contributed by atoms with Gasteiger partial charge in [-0.2, -0.15) is 4.31 Å². The molecule has 0 amide bonds. The van der Waals surface area contributed by atoms with Gasteiger partial charge in [0.25, 0.3) is 0 Å². The SMILES string of the molecule is O=c1[nH]c2ccc(S(=O)(=O)N3CCCN(Cc4cccnc4)CC3)cc2o1. The Balaban J connectivity index is 1.50. The number of pyridine rings is 1. The number of nitrogens with zero attached hydrogens (tertiary/aromatic N) is 3. The quantitative estimate of drug-likeness (QED) is 0.726. The predicted molar refractivity (Wildman–Crippen MR) is 99.7 cm³/mol. The summed E-state index contributed by atoms with van der Waals surface area (Å²) in [4.78, 5) is 20.3. The van der Waals surface area contributed by atoms with E-state index in [4.69, 9.17) is 4.42 Å². The van der Waals surface area contributed by atoms with Crippen LogP contribution in [0.1, 0.15) is 12.0 Å². The molecule has 0 atom stereocenters. The number of H-pyrrole nitrogens is 1. The second-order valence-corrected chi connectivity index (χ2v) is 8.51. The highest BCUT2D eigenvalue weighted by atomic mass is 32.2. The average Bonchev–Trinajstić information content (AvgIpc) is 2.87. The fourth-order valence-corrected chi connectivity index (χ4v) is 4.82. The Kier molecular flexibility index (Phi) is 4.81. The highest BCUT2D eigenvalue weighted by Crippen LogP contribution is 2.22. The molecule has 2 aromatic heterocycles. The Morgan fingerprint density at radius 2 is 2.04 bits per heavy atom. The molecule has 27 heavy (non-hydrogen) atoms. The largest absolute Gasteiger partial charge is 0.417 e. The van der Waals surface area contributed by atoms with Crippen LogP contribution in [0.5, 0.6) is 0 Å². The van der Waals surface area contributed by atoms with Crippen molar-refractivity contribution in [3.8, 4) is 0 Å². The van der Waals surface area contributed by atoms with Crippen LogP contribution in [0.15, 0.2) is 56.8 Å². The molecule has 0 aliphatic carbocycles. The molecule has 4 rings (SSSR count). The molecule has 0 saturated carbocycles. The van der Waals surface area contributed by atoms with Crippen LogP contribution in [-0.2, 0) is 16.6 Å². The first-order valence-corrected chi connectivity index (χ1v) is 10.2. The van der Waals surface area contributed by atoms with Crippen LogP contribution >= 0.6 is 0 Å². The minimum atomic E-state index is -3.65. The van der Waals surface area contributed by atoms with Gasteiger partial charge in [-0.05, 0) is 36.7 Å². The Morgan fingerprint density at radius 3 is 2.85 bits per heavy atom. The maximum atomic E-state index is 13.0.